The maximum absolute atomic E-state index is 6.43. The van der Waals surface area contributed by atoms with E-state index < -0.39 is 0 Å². The number of benzene rings is 2. The Morgan fingerprint density at radius 3 is 2.71 bits per heavy atom. The van der Waals surface area contributed by atoms with Gasteiger partial charge in [0.15, 0.2) is 0 Å². The smallest absolute Gasteiger partial charge is 0.115 e. The minimum absolute atomic E-state index is 0.522. The van der Waals surface area contributed by atoms with Crippen molar-refractivity contribution in [1.29, 1.82) is 0 Å². The Kier molecular flexibility index (Phi) is 4.25. The maximum atomic E-state index is 6.43. The first-order valence-electron chi connectivity index (χ1n) is 6.59. The van der Waals surface area contributed by atoms with Crippen LogP contribution in [0.15, 0.2) is 40.9 Å². The van der Waals surface area contributed by atoms with Crippen molar-refractivity contribution in [3.8, 4) is 5.69 Å². The Bertz CT molecular complexity index is 811. The third kappa shape index (κ3) is 2.83. The normalized spacial score (nSPS) is 11.2. The van der Waals surface area contributed by atoms with Crippen LogP contribution in [0.3, 0.4) is 0 Å². The summed E-state index contributed by atoms with van der Waals surface area (Å²) in [6.07, 6.45) is 0.693. The van der Waals surface area contributed by atoms with E-state index in [2.05, 4.69) is 26.6 Å². The largest absolute Gasteiger partial charge is 0.295 e. The van der Waals surface area contributed by atoms with Crippen molar-refractivity contribution in [2.45, 2.75) is 13.3 Å². The summed E-state index contributed by atoms with van der Waals surface area (Å²) in [6, 6.07) is 12.1. The first kappa shape index (κ1) is 14.9. The second-order valence-electron chi connectivity index (χ2n) is 4.89. The quantitative estimate of drug-likeness (QED) is 0.543. The summed E-state index contributed by atoms with van der Waals surface area (Å²) in [7, 11) is 0. The Labute approximate surface area is 141 Å². The molecule has 3 aromatic rings. The molecule has 0 spiro atoms. The lowest BCUT2D eigenvalue weighted by Gasteiger charge is -2.11. The molecule has 0 aliphatic rings. The van der Waals surface area contributed by atoms with Crippen molar-refractivity contribution >= 4 is 50.2 Å². The van der Waals surface area contributed by atoms with E-state index in [0.717, 1.165) is 32.6 Å². The van der Waals surface area contributed by atoms with Crippen molar-refractivity contribution in [1.82, 2.24) is 9.55 Å². The van der Waals surface area contributed by atoms with Crippen LogP contribution in [0.25, 0.3) is 16.7 Å². The summed E-state index contributed by atoms with van der Waals surface area (Å²) < 4.78 is 3.10. The van der Waals surface area contributed by atoms with Crippen LogP contribution in [0.2, 0.25) is 5.02 Å². The Morgan fingerprint density at radius 2 is 2.00 bits per heavy atom. The maximum Gasteiger partial charge on any atom is 0.115 e. The van der Waals surface area contributed by atoms with E-state index in [4.69, 9.17) is 28.2 Å². The molecule has 0 N–H and O–H groups in total. The SMILES string of the molecule is Cc1ccc(-n2c(CCCl)nc3cc(Br)ccc32)c(Cl)c1. The summed E-state index contributed by atoms with van der Waals surface area (Å²) >= 11 is 15.8. The van der Waals surface area contributed by atoms with Gasteiger partial charge in [0, 0.05) is 16.8 Å². The molecule has 0 saturated heterocycles. The van der Waals surface area contributed by atoms with Gasteiger partial charge >= 0.3 is 0 Å². The molecule has 0 fully saturated rings. The van der Waals surface area contributed by atoms with Crippen LogP contribution in [0.1, 0.15) is 11.4 Å². The standard InChI is InChI=1S/C16H13BrCl2N2/c1-10-2-4-14(12(19)8-10)21-15-5-3-11(17)9-13(15)20-16(21)6-7-18/h2-5,8-9H,6-7H2,1H3. The van der Waals surface area contributed by atoms with Gasteiger partial charge in [-0.15, -0.1) is 11.6 Å². The van der Waals surface area contributed by atoms with Crippen LogP contribution in [0, 0.1) is 6.92 Å². The van der Waals surface area contributed by atoms with Crippen LogP contribution in [0.5, 0.6) is 0 Å². The summed E-state index contributed by atoms with van der Waals surface area (Å²) in [5, 5.41) is 0.716. The zero-order valence-corrected chi connectivity index (χ0v) is 14.5. The predicted octanol–water partition coefficient (Wildman–Crippen LogP) is 5.53. The summed E-state index contributed by atoms with van der Waals surface area (Å²) in [5.74, 6) is 1.44. The summed E-state index contributed by atoms with van der Waals surface area (Å²) in [4.78, 5) is 4.69. The molecule has 0 atom stereocenters. The van der Waals surface area contributed by atoms with Gasteiger partial charge in [-0.3, -0.25) is 4.57 Å². The number of aromatic nitrogens is 2. The van der Waals surface area contributed by atoms with E-state index in [1.54, 1.807) is 0 Å². The lowest BCUT2D eigenvalue weighted by atomic mass is 10.2. The van der Waals surface area contributed by atoms with E-state index in [9.17, 15) is 0 Å². The van der Waals surface area contributed by atoms with Crippen LogP contribution < -0.4 is 0 Å². The molecular weight excluding hydrogens is 371 g/mol. The van der Waals surface area contributed by atoms with Crippen molar-refractivity contribution in [3.05, 3.63) is 57.3 Å². The fourth-order valence-electron chi connectivity index (χ4n) is 2.42. The molecule has 21 heavy (non-hydrogen) atoms. The molecule has 108 valence electrons. The first-order valence-corrected chi connectivity index (χ1v) is 8.30. The molecule has 0 aliphatic carbocycles. The van der Waals surface area contributed by atoms with E-state index in [-0.39, 0.29) is 0 Å². The zero-order chi connectivity index (χ0) is 15.0. The predicted molar refractivity (Wildman–Crippen MR) is 92.9 cm³/mol. The van der Waals surface area contributed by atoms with Crippen molar-refractivity contribution in [2.75, 3.05) is 5.88 Å². The highest BCUT2D eigenvalue weighted by molar-refractivity contribution is 9.10. The highest BCUT2D eigenvalue weighted by Crippen LogP contribution is 2.29. The second-order valence-corrected chi connectivity index (χ2v) is 6.59. The molecule has 0 bridgehead atoms. The molecular formula is C16H13BrCl2N2. The van der Waals surface area contributed by atoms with Crippen LogP contribution in [-0.2, 0) is 6.42 Å². The highest BCUT2D eigenvalue weighted by Gasteiger charge is 2.14. The molecule has 0 amide bonds. The van der Waals surface area contributed by atoms with Gasteiger partial charge in [0.1, 0.15) is 5.82 Å². The Hall–Kier alpha value is -1.03. The third-order valence-electron chi connectivity index (χ3n) is 3.35. The molecule has 1 aromatic heterocycles. The monoisotopic (exact) mass is 382 g/mol. The number of aryl methyl sites for hydroxylation is 2. The Balaban J connectivity index is 2.30. The topological polar surface area (TPSA) is 17.8 Å². The van der Waals surface area contributed by atoms with Crippen molar-refractivity contribution in [3.63, 3.8) is 0 Å². The van der Waals surface area contributed by atoms with E-state index in [1.807, 2.05) is 37.3 Å². The lowest BCUT2D eigenvalue weighted by Crippen LogP contribution is -2.03. The van der Waals surface area contributed by atoms with Gasteiger partial charge in [-0.25, -0.2) is 4.98 Å². The molecule has 0 aliphatic heterocycles. The number of rotatable bonds is 3. The lowest BCUT2D eigenvalue weighted by molar-refractivity contribution is 0.912. The van der Waals surface area contributed by atoms with Crippen LogP contribution in [0.4, 0.5) is 0 Å². The molecule has 2 aromatic carbocycles. The second kappa shape index (κ2) is 5.99. The van der Waals surface area contributed by atoms with Crippen LogP contribution in [-0.4, -0.2) is 15.4 Å². The van der Waals surface area contributed by atoms with E-state index in [0.29, 0.717) is 17.3 Å². The van der Waals surface area contributed by atoms with Crippen molar-refractivity contribution < 1.29 is 0 Å². The molecule has 0 saturated carbocycles. The molecule has 0 unspecified atom stereocenters. The number of imidazole rings is 1. The first-order chi connectivity index (χ1) is 10.1. The minimum Gasteiger partial charge on any atom is -0.295 e. The van der Waals surface area contributed by atoms with E-state index >= 15 is 0 Å². The highest BCUT2D eigenvalue weighted by atomic mass is 79.9. The van der Waals surface area contributed by atoms with E-state index in [1.165, 1.54) is 0 Å². The average molecular weight is 384 g/mol. The van der Waals surface area contributed by atoms with Crippen molar-refractivity contribution in [2.24, 2.45) is 0 Å². The number of nitrogens with zero attached hydrogens (tertiary/aromatic N) is 2. The average Bonchev–Trinajstić information content (AvgIpc) is 2.76. The number of halogens is 3. The molecule has 0 radical (unpaired) electrons. The fourth-order valence-corrected chi connectivity index (χ4v) is 3.26. The molecule has 1 heterocycles. The van der Waals surface area contributed by atoms with Gasteiger partial charge in [-0.05, 0) is 42.8 Å². The van der Waals surface area contributed by atoms with Crippen LogP contribution >= 0.6 is 39.1 Å². The fraction of sp³-hybridized carbons (Fsp3) is 0.188. The van der Waals surface area contributed by atoms with Gasteiger partial charge in [0.2, 0.25) is 0 Å². The molecule has 3 rings (SSSR count). The number of alkyl halides is 1. The minimum atomic E-state index is 0.522. The molecule has 5 heteroatoms. The number of hydrogen-bond donors (Lipinski definition) is 0. The van der Waals surface area contributed by atoms with Gasteiger partial charge in [0.05, 0.1) is 21.7 Å². The molecule has 2 nitrogen and oxygen atoms in total. The van der Waals surface area contributed by atoms with Gasteiger partial charge in [0.25, 0.3) is 0 Å². The number of hydrogen-bond acceptors (Lipinski definition) is 1. The Morgan fingerprint density at radius 1 is 1.19 bits per heavy atom. The van der Waals surface area contributed by atoms with Gasteiger partial charge in [-0.2, -0.15) is 0 Å². The van der Waals surface area contributed by atoms with Gasteiger partial charge in [-0.1, -0.05) is 33.6 Å². The summed E-state index contributed by atoms with van der Waals surface area (Å²) in [6.45, 7) is 2.03. The summed E-state index contributed by atoms with van der Waals surface area (Å²) in [5.41, 5.74) is 4.03. The van der Waals surface area contributed by atoms with Gasteiger partial charge < -0.3 is 0 Å². The third-order valence-corrected chi connectivity index (χ3v) is 4.33. The number of fused-ring (bicyclic) bond motifs is 1. The zero-order valence-electron chi connectivity index (χ0n) is 11.4.